The van der Waals surface area contributed by atoms with E-state index in [1.165, 1.54) is 37.0 Å². The molecule has 0 bridgehead atoms. The highest BCUT2D eigenvalue weighted by atomic mass is 32.1. The predicted octanol–water partition coefficient (Wildman–Crippen LogP) is 1.58. The standard InChI is InChI=1S/C8H13N3OS/c9-8-11-10-7(13-8)5-12-6-3-1-2-4-6/h6H,1-5H2,(H2,9,11). The molecule has 0 unspecified atom stereocenters. The van der Waals surface area contributed by atoms with E-state index in [0.29, 0.717) is 17.8 Å². The number of anilines is 1. The van der Waals surface area contributed by atoms with Crippen LogP contribution in [0.1, 0.15) is 30.7 Å². The van der Waals surface area contributed by atoms with Crippen molar-refractivity contribution >= 4 is 16.5 Å². The summed E-state index contributed by atoms with van der Waals surface area (Å²) in [6.45, 7) is 0.569. The summed E-state index contributed by atoms with van der Waals surface area (Å²) in [4.78, 5) is 0. The zero-order chi connectivity index (χ0) is 9.10. The van der Waals surface area contributed by atoms with Gasteiger partial charge in [0.15, 0.2) is 0 Å². The SMILES string of the molecule is Nc1nnc(COC2CCCC2)s1. The number of rotatable bonds is 3. The molecule has 0 radical (unpaired) electrons. The fraction of sp³-hybridized carbons (Fsp3) is 0.750. The van der Waals surface area contributed by atoms with E-state index >= 15 is 0 Å². The minimum atomic E-state index is 0.435. The molecule has 1 saturated carbocycles. The van der Waals surface area contributed by atoms with Gasteiger partial charge in [-0.1, -0.05) is 24.2 Å². The van der Waals surface area contributed by atoms with E-state index in [0.717, 1.165) is 5.01 Å². The first-order valence-corrected chi connectivity index (χ1v) is 5.36. The van der Waals surface area contributed by atoms with Crippen molar-refractivity contribution in [3.05, 3.63) is 5.01 Å². The van der Waals surface area contributed by atoms with E-state index in [4.69, 9.17) is 10.5 Å². The lowest BCUT2D eigenvalue weighted by atomic mass is 10.3. The molecular weight excluding hydrogens is 186 g/mol. The van der Waals surface area contributed by atoms with Crippen LogP contribution in [0.15, 0.2) is 0 Å². The van der Waals surface area contributed by atoms with Crippen LogP contribution in [-0.4, -0.2) is 16.3 Å². The Morgan fingerprint density at radius 3 is 2.77 bits per heavy atom. The average Bonchev–Trinajstić information content (AvgIpc) is 2.71. The van der Waals surface area contributed by atoms with E-state index in [-0.39, 0.29) is 0 Å². The lowest BCUT2D eigenvalue weighted by molar-refractivity contribution is 0.0453. The van der Waals surface area contributed by atoms with Gasteiger partial charge in [0.1, 0.15) is 11.6 Å². The molecule has 1 heterocycles. The molecule has 1 aromatic heterocycles. The minimum Gasteiger partial charge on any atom is -0.374 e. The summed E-state index contributed by atoms with van der Waals surface area (Å²) in [5, 5.41) is 9.02. The van der Waals surface area contributed by atoms with Gasteiger partial charge in [-0.2, -0.15) is 0 Å². The van der Waals surface area contributed by atoms with Crippen LogP contribution in [-0.2, 0) is 11.3 Å². The Hall–Kier alpha value is -0.680. The molecule has 0 spiro atoms. The first-order chi connectivity index (χ1) is 6.34. The van der Waals surface area contributed by atoms with E-state index in [2.05, 4.69) is 10.2 Å². The van der Waals surface area contributed by atoms with Crippen LogP contribution in [0, 0.1) is 0 Å². The number of hydrogen-bond acceptors (Lipinski definition) is 5. The van der Waals surface area contributed by atoms with Crippen LogP contribution < -0.4 is 5.73 Å². The lowest BCUT2D eigenvalue weighted by Crippen LogP contribution is -2.06. The highest BCUT2D eigenvalue weighted by molar-refractivity contribution is 7.15. The molecule has 2 rings (SSSR count). The second kappa shape index (κ2) is 4.02. The van der Waals surface area contributed by atoms with Crippen LogP contribution in [0.5, 0.6) is 0 Å². The summed E-state index contributed by atoms with van der Waals surface area (Å²) < 4.78 is 5.65. The summed E-state index contributed by atoms with van der Waals surface area (Å²) in [6, 6.07) is 0. The van der Waals surface area contributed by atoms with Gasteiger partial charge >= 0.3 is 0 Å². The molecule has 1 aliphatic rings. The lowest BCUT2D eigenvalue weighted by Gasteiger charge is -2.07. The molecular formula is C8H13N3OS. The van der Waals surface area contributed by atoms with E-state index < -0.39 is 0 Å². The third-order valence-electron chi connectivity index (χ3n) is 2.23. The molecule has 0 saturated heterocycles. The fourth-order valence-electron chi connectivity index (χ4n) is 1.57. The Balaban J connectivity index is 1.78. The zero-order valence-electron chi connectivity index (χ0n) is 7.40. The van der Waals surface area contributed by atoms with Crippen molar-refractivity contribution in [2.24, 2.45) is 0 Å². The van der Waals surface area contributed by atoms with Crippen molar-refractivity contribution in [2.75, 3.05) is 5.73 Å². The van der Waals surface area contributed by atoms with Gasteiger partial charge in [-0.3, -0.25) is 0 Å². The molecule has 2 N–H and O–H groups in total. The molecule has 0 amide bonds. The van der Waals surface area contributed by atoms with Gasteiger partial charge in [0.05, 0.1) is 6.10 Å². The van der Waals surface area contributed by atoms with Crippen LogP contribution in [0.4, 0.5) is 5.13 Å². The van der Waals surface area contributed by atoms with Crippen LogP contribution in [0.3, 0.4) is 0 Å². The number of hydrogen-bond donors (Lipinski definition) is 1. The number of ether oxygens (including phenoxy) is 1. The van der Waals surface area contributed by atoms with Crippen molar-refractivity contribution in [3.8, 4) is 0 Å². The minimum absolute atomic E-state index is 0.435. The third-order valence-corrected chi connectivity index (χ3v) is 2.95. The molecule has 5 heteroatoms. The quantitative estimate of drug-likeness (QED) is 0.802. The maximum atomic E-state index is 5.65. The molecule has 0 aromatic carbocycles. The van der Waals surface area contributed by atoms with Crippen molar-refractivity contribution in [3.63, 3.8) is 0 Å². The van der Waals surface area contributed by atoms with Gasteiger partial charge in [0.25, 0.3) is 0 Å². The summed E-state index contributed by atoms with van der Waals surface area (Å²) in [5.41, 5.74) is 5.45. The van der Waals surface area contributed by atoms with Gasteiger partial charge in [-0.05, 0) is 12.8 Å². The Labute approximate surface area is 81.1 Å². The monoisotopic (exact) mass is 199 g/mol. The van der Waals surface area contributed by atoms with Crippen molar-refractivity contribution in [1.29, 1.82) is 0 Å². The Kier molecular flexibility index (Phi) is 2.75. The van der Waals surface area contributed by atoms with Gasteiger partial charge in [-0.15, -0.1) is 10.2 Å². The molecule has 1 fully saturated rings. The Morgan fingerprint density at radius 1 is 1.38 bits per heavy atom. The van der Waals surface area contributed by atoms with E-state index in [9.17, 15) is 0 Å². The highest BCUT2D eigenvalue weighted by Crippen LogP contribution is 2.22. The van der Waals surface area contributed by atoms with Gasteiger partial charge in [-0.25, -0.2) is 0 Å². The summed E-state index contributed by atoms with van der Waals surface area (Å²) in [6.07, 6.45) is 5.40. The maximum Gasteiger partial charge on any atom is 0.203 e. The summed E-state index contributed by atoms with van der Waals surface area (Å²) >= 11 is 1.40. The molecule has 4 nitrogen and oxygen atoms in total. The van der Waals surface area contributed by atoms with Crippen molar-refractivity contribution in [1.82, 2.24) is 10.2 Å². The highest BCUT2D eigenvalue weighted by Gasteiger charge is 2.15. The van der Waals surface area contributed by atoms with Crippen LogP contribution in [0.2, 0.25) is 0 Å². The first kappa shape index (κ1) is 8.90. The van der Waals surface area contributed by atoms with Crippen molar-refractivity contribution < 1.29 is 4.74 Å². The second-order valence-corrected chi connectivity index (χ2v) is 4.35. The van der Waals surface area contributed by atoms with E-state index in [1.54, 1.807) is 0 Å². The van der Waals surface area contributed by atoms with Crippen molar-refractivity contribution in [2.45, 2.75) is 38.4 Å². The largest absolute Gasteiger partial charge is 0.374 e. The molecule has 72 valence electrons. The fourth-order valence-corrected chi connectivity index (χ4v) is 2.10. The zero-order valence-corrected chi connectivity index (χ0v) is 8.22. The smallest absolute Gasteiger partial charge is 0.203 e. The van der Waals surface area contributed by atoms with Crippen LogP contribution in [0.25, 0.3) is 0 Å². The predicted molar refractivity (Wildman–Crippen MR) is 51.4 cm³/mol. The molecule has 0 atom stereocenters. The first-order valence-electron chi connectivity index (χ1n) is 4.54. The van der Waals surface area contributed by atoms with Gasteiger partial charge < -0.3 is 10.5 Å². The summed E-state index contributed by atoms with van der Waals surface area (Å²) in [7, 11) is 0. The van der Waals surface area contributed by atoms with Gasteiger partial charge in [0.2, 0.25) is 5.13 Å². The molecule has 1 aromatic rings. The van der Waals surface area contributed by atoms with Gasteiger partial charge in [0, 0.05) is 0 Å². The normalized spacial score (nSPS) is 18.2. The number of nitrogens with zero attached hydrogens (tertiary/aromatic N) is 2. The average molecular weight is 199 g/mol. The Morgan fingerprint density at radius 2 is 2.15 bits per heavy atom. The number of aromatic nitrogens is 2. The third kappa shape index (κ3) is 2.38. The maximum absolute atomic E-state index is 5.65. The Bertz CT molecular complexity index is 270. The number of nitrogens with two attached hydrogens (primary N) is 1. The topological polar surface area (TPSA) is 61.0 Å². The second-order valence-electron chi connectivity index (χ2n) is 3.25. The number of nitrogen functional groups attached to an aromatic ring is 1. The molecule has 0 aliphatic heterocycles. The molecule has 13 heavy (non-hydrogen) atoms. The van der Waals surface area contributed by atoms with E-state index in [1.807, 2.05) is 0 Å². The molecule has 1 aliphatic carbocycles. The van der Waals surface area contributed by atoms with Crippen LogP contribution >= 0.6 is 11.3 Å². The summed E-state index contributed by atoms with van der Waals surface area (Å²) in [5.74, 6) is 0.